The Labute approximate surface area is 113 Å². The first kappa shape index (κ1) is 13.7. The molecule has 2 atom stereocenters. The molecule has 0 amide bonds. The van der Waals surface area contributed by atoms with E-state index in [0.29, 0.717) is 11.1 Å². The molecule has 0 aromatic heterocycles. The average molecular weight is 257 g/mol. The van der Waals surface area contributed by atoms with Gasteiger partial charge in [-0.15, -0.1) is 0 Å². The maximum absolute atomic E-state index is 10.5. The Morgan fingerprint density at radius 3 is 1.32 bits per heavy atom. The third kappa shape index (κ3) is 3.20. The predicted molar refractivity (Wildman–Crippen MR) is 75.2 cm³/mol. The van der Waals surface area contributed by atoms with Crippen molar-refractivity contribution in [2.24, 2.45) is 0 Å². The van der Waals surface area contributed by atoms with Gasteiger partial charge in [-0.25, -0.2) is 0 Å². The molecule has 0 aliphatic rings. The van der Waals surface area contributed by atoms with Gasteiger partial charge in [0, 0.05) is 0 Å². The molecular formula is C16H19NO2. The van der Waals surface area contributed by atoms with Gasteiger partial charge in [0.05, 0.1) is 0 Å². The lowest BCUT2D eigenvalue weighted by molar-refractivity contribution is -0.0924. The van der Waals surface area contributed by atoms with Crippen LogP contribution < -0.4 is 5.32 Å². The monoisotopic (exact) mass is 257 g/mol. The zero-order valence-electron chi connectivity index (χ0n) is 11.2. The molecule has 0 spiro atoms. The lowest BCUT2D eigenvalue weighted by atomic mass is 9.99. The first-order valence-corrected chi connectivity index (χ1v) is 6.27. The summed E-state index contributed by atoms with van der Waals surface area (Å²) in [5, 5.41) is 23.9. The maximum Gasteiger partial charge on any atom is 0.141 e. The van der Waals surface area contributed by atoms with Crippen molar-refractivity contribution in [3.63, 3.8) is 0 Å². The van der Waals surface area contributed by atoms with E-state index in [1.54, 1.807) is 13.8 Å². The van der Waals surface area contributed by atoms with Gasteiger partial charge < -0.3 is 10.2 Å². The molecule has 2 aromatic rings. The lowest BCUT2D eigenvalue weighted by Gasteiger charge is -2.35. The molecule has 3 heteroatoms. The summed E-state index contributed by atoms with van der Waals surface area (Å²) < 4.78 is 0. The number of rotatable bonds is 4. The maximum atomic E-state index is 10.5. The highest BCUT2D eigenvalue weighted by molar-refractivity contribution is 5.24. The summed E-state index contributed by atoms with van der Waals surface area (Å²) in [6.45, 7) is 3.25. The number of aliphatic hydroxyl groups is 2. The zero-order chi connectivity index (χ0) is 13.9. The smallest absolute Gasteiger partial charge is 0.141 e. The normalized spacial score (nSPS) is 17.5. The van der Waals surface area contributed by atoms with Gasteiger partial charge in [-0.1, -0.05) is 60.7 Å². The molecule has 0 aliphatic carbocycles. The van der Waals surface area contributed by atoms with Crippen LogP contribution in [0.15, 0.2) is 60.7 Å². The zero-order valence-corrected chi connectivity index (χ0v) is 11.2. The molecule has 0 bridgehead atoms. The number of nitrogens with one attached hydrogen (secondary N) is 1. The Kier molecular flexibility index (Phi) is 3.71. The Bertz CT molecular complexity index is 471. The van der Waals surface area contributed by atoms with E-state index in [0.717, 1.165) is 0 Å². The van der Waals surface area contributed by atoms with Gasteiger partial charge in [-0.05, 0) is 25.0 Å². The minimum Gasteiger partial charge on any atom is -0.372 e. The van der Waals surface area contributed by atoms with Crippen molar-refractivity contribution in [2.45, 2.75) is 25.3 Å². The van der Waals surface area contributed by atoms with Crippen LogP contribution in [0.3, 0.4) is 0 Å². The van der Waals surface area contributed by atoms with Crippen LogP contribution in [0.25, 0.3) is 0 Å². The fraction of sp³-hybridized carbons (Fsp3) is 0.250. The van der Waals surface area contributed by atoms with Gasteiger partial charge in [-0.3, -0.25) is 5.32 Å². The summed E-state index contributed by atoms with van der Waals surface area (Å²) in [4.78, 5) is 0. The summed E-state index contributed by atoms with van der Waals surface area (Å²) >= 11 is 0. The van der Waals surface area contributed by atoms with E-state index in [4.69, 9.17) is 0 Å². The molecule has 0 saturated heterocycles. The van der Waals surface area contributed by atoms with Crippen molar-refractivity contribution in [3.8, 4) is 0 Å². The van der Waals surface area contributed by atoms with Gasteiger partial charge >= 0.3 is 0 Å². The summed E-state index contributed by atoms with van der Waals surface area (Å²) in [6.07, 6.45) is 0. The Morgan fingerprint density at radius 2 is 1.00 bits per heavy atom. The highest BCUT2D eigenvalue weighted by Crippen LogP contribution is 2.25. The van der Waals surface area contributed by atoms with E-state index in [2.05, 4.69) is 5.32 Å². The van der Waals surface area contributed by atoms with Crippen LogP contribution in [0.4, 0.5) is 0 Å². The molecule has 3 nitrogen and oxygen atoms in total. The topological polar surface area (TPSA) is 52.5 Å². The molecule has 2 rings (SSSR count). The van der Waals surface area contributed by atoms with Crippen molar-refractivity contribution in [1.82, 2.24) is 5.32 Å². The molecule has 0 radical (unpaired) electrons. The van der Waals surface area contributed by atoms with Crippen LogP contribution in [0.2, 0.25) is 0 Å². The minimum atomic E-state index is -1.32. The third-order valence-corrected chi connectivity index (χ3v) is 3.16. The SMILES string of the molecule is CC(O)(NC(C)(O)c1ccccc1)c1ccccc1. The lowest BCUT2D eigenvalue weighted by Crippen LogP contribution is -2.51. The van der Waals surface area contributed by atoms with E-state index in [1.165, 1.54) is 0 Å². The van der Waals surface area contributed by atoms with E-state index >= 15 is 0 Å². The van der Waals surface area contributed by atoms with Gasteiger partial charge in [0.1, 0.15) is 11.4 Å². The Balaban J connectivity index is 2.25. The van der Waals surface area contributed by atoms with Crippen molar-refractivity contribution >= 4 is 0 Å². The van der Waals surface area contributed by atoms with Crippen molar-refractivity contribution in [2.75, 3.05) is 0 Å². The average Bonchev–Trinajstić information content (AvgIpc) is 2.40. The molecule has 0 fully saturated rings. The highest BCUT2D eigenvalue weighted by atomic mass is 16.3. The minimum absolute atomic E-state index is 0.700. The summed E-state index contributed by atoms with van der Waals surface area (Å²) in [6, 6.07) is 18.4. The molecular weight excluding hydrogens is 238 g/mol. The van der Waals surface area contributed by atoms with Crippen LogP contribution in [-0.2, 0) is 11.4 Å². The van der Waals surface area contributed by atoms with Gasteiger partial charge in [0.25, 0.3) is 0 Å². The highest BCUT2D eigenvalue weighted by Gasteiger charge is 2.33. The largest absolute Gasteiger partial charge is 0.372 e. The summed E-state index contributed by atoms with van der Waals surface area (Å²) in [7, 11) is 0. The van der Waals surface area contributed by atoms with E-state index in [1.807, 2.05) is 60.7 Å². The fourth-order valence-corrected chi connectivity index (χ4v) is 2.14. The standard InChI is InChI=1S/C16H19NO2/c1-15(18,13-9-5-3-6-10-13)17-16(2,19)14-11-7-4-8-12-14/h3-12,17-19H,1-2H3. The molecule has 0 heterocycles. The molecule has 0 aliphatic heterocycles. The molecule has 2 aromatic carbocycles. The molecule has 3 N–H and O–H groups in total. The van der Waals surface area contributed by atoms with Crippen LogP contribution in [0, 0.1) is 0 Å². The second-order valence-corrected chi connectivity index (χ2v) is 5.00. The van der Waals surface area contributed by atoms with Gasteiger partial charge in [0.15, 0.2) is 0 Å². The second-order valence-electron chi connectivity index (χ2n) is 5.00. The third-order valence-electron chi connectivity index (χ3n) is 3.16. The quantitative estimate of drug-likeness (QED) is 0.737. The molecule has 19 heavy (non-hydrogen) atoms. The Hall–Kier alpha value is -1.68. The van der Waals surface area contributed by atoms with E-state index < -0.39 is 11.4 Å². The van der Waals surface area contributed by atoms with E-state index in [-0.39, 0.29) is 0 Å². The van der Waals surface area contributed by atoms with Crippen LogP contribution in [-0.4, -0.2) is 10.2 Å². The molecule has 100 valence electrons. The van der Waals surface area contributed by atoms with Gasteiger partial charge in [-0.2, -0.15) is 0 Å². The second kappa shape index (κ2) is 5.13. The van der Waals surface area contributed by atoms with Crippen LogP contribution in [0.5, 0.6) is 0 Å². The van der Waals surface area contributed by atoms with Gasteiger partial charge in [0.2, 0.25) is 0 Å². The number of benzene rings is 2. The molecule has 0 saturated carbocycles. The summed E-state index contributed by atoms with van der Waals surface area (Å²) in [5.41, 5.74) is -1.24. The van der Waals surface area contributed by atoms with Crippen molar-refractivity contribution in [3.05, 3.63) is 71.8 Å². The molecule has 2 unspecified atom stereocenters. The van der Waals surface area contributed by atoms with Crippen molar-refractivity contribution < 1.29 is 10.2 Å². The summed E-state index contributed by atoms with van der Waals surface area (Å²) in [5.74, 6) is 0. The first-order valence-electron chi connectivity index (χ1n) is 6.27. The fourth-order valence-electron chi connectivity index (χ4n) is 2.14. The Morgan fingerprint density at radius 1 is 0.684 bits per heavy atom. The van der Waals surface area contributed by atoms with Crippen LogP contribution in [0.1, 0.15) is 25.0 Å². The van der Waals surface area contributed by atoms with Crippen molar-refractivity contribution in [1.29, 1.82) is 0 Å². The van der Waals surface area contributed by atoms with E-state index in [9.17, 15) is 10.2 Å². The van der Waals surface area contributed by atoms with Crippen LogP contribution >= 0.6 is 0 Å². The predicted octanol–water partition coefficient (Wildman–Crippen LogP) is 2.31. The number of hydrogen-bond donors (Lipinski definition) is 3. The first-order chi connectivity index (χ1) is 8.92. The number of hydrogen-bond acceptors (Lipinski definition) is 3.